The number of para-hydroxylation sites is 1. The molecule has 0 spiro atoms. The number of hydrogen-bond acceptors (Lipinski definition) is 19. The molecule has 0 aliphatic heterocycles. The van der Waals surface area contributed by atoms with Crippen molar-refractivity contribution in [2.24, 2.45) is 16.9 Å². The van der Waals surface area contributed by atoms with E-state index in [9.17, 15) is 28.8 Å². The van der Waals surface area contributed by atoms with Crippen molar-refractivity contribution in [1.82, 2.24) is 4.98 Å². The molecule has 0 N–H and O–H groups in total. The normalized spacial score (nSPS) is 16.7. The SMILES string of the molecule is C/C=N/N(CCCCC#N)c1nc2ccccc2s1.C=CC(=O)OCCCCCCOc1ccc(OC(=O)C2CCC(OC(=O)/C(C)=C/C=C(\C=C)OC(=O)C3CCC(OC(=O)c4ccc(OCCCCCCOC(=O)CCCl)cc4)CC3)CC2)cc1. The number of nitrogens with zero attached hydrogens (tertiary/aromatic N) is 4. The number of carbonyl (C=O) groups is 6. The topological polar surface area (TPSA) is 229 Å². The van der Waals surface area contributed by atoms with Crippen molar-refractivity contribution in [1.29, 1.82) is 5.26 Å². The van der Waals surface area contributed by atoms with Gasteiger partial charge >= 0.3 is 35.8 Å². The number of alkyl halides is 1. The molecule has 0 amide bonds. The summed E-state index contributed by atoms with van der Waals surface area (Å²) in [5.41, 5.74) is 1.73. The number of rotatable bonds is 35. The molecule has 6 rings (SSSR count). The molecular weight excluding hydrogens is 1150 g/mol. The number of ether oxygens (including phenoxy) is 8. The fourth-order valence-corrected chi connectivity index (χ4v) is 10.3. The van der Waals surface area contributed by atoms with Crippen molar-refractivity contribution in [3.63, 3.8) is 0 Å². The van der Waals surface area contributed by atoms with Gasteiger partial charge in [0.05, 0.1) is 66.5 Å². The number of allylic oxidation sites excluding steroid dienone is 3. The zero-order valence-electron chi connectivity index (χ0n) is 50.2. The van der Waals surface area contributed by atoms with Gasteiger partial charge in [-0.05, 0) is 208 Å². The number of halogens is 1. The van der Waals surface area contributed by atoms with Crippen LogP contribution in [0.2, 0.25) is 0 Å². The van der Waals surface area contributed by atoms with Crippen LogP contribution in [-0.4, -0.2) is 98.1 Å². The maximum atomic E-state index is 13.1. The van der Waals surface area contributed by atoms with Crippen LogP contribution < -0.4 is 19.2 Å². The molecule has 2 aliphatic carbocycles. The van der Waals surface area contributed by atoms with Crippen molar-refractivity contribution < 1.29 is 66.7 Å². The van der Waals surface area contributed by atoms with Gasteiger partial charge in [0.15, 0.2) is 0 Å². The average molecular weight is 1240 g/mol. The van der Waals surface area contributed by atoms with E-state index < -0.39 is 23.9 Å². The molecule has 0 radical (unpaired) electrons. The van der Waals surface area contributed by atoms with Crippen molar-refractivity contribution in [2.45, 2.75) is 154 Å². The molecule has 1 heterocycles. The lowest BCUT2D eigenvalue weighted by molar-refractivity contribution is -0.148. The Balaban J connectivity index is 0.000000611. The first kappa shape index (κ1) is 69.9. The van der Waals surface area contributed by atoms with Gasteiger partial charge in [0.1, 0.15) is 35.2 Å². The molecule has 4 aromatic rings. The van der Waals surface area contributed by atoms with E-state index in [1.807, 2.05) is 30.1 Å². The molecular formula is C67H83ClN4O14S. The van der Waals surface area contributed by atoms with Crippen molar-refractivity contribution >= 4 is 80.3 Å². The molecule has 18 nitrogen and oxygen atoms in total. The van der Waals surface area contributed by atoms with Crippen LogP contribution in [0.15, 0.2) is 127 Å². The lowest BCUT2D eigenvalue weighted by Crippen LogP contribution is -2.30. The Hall–Kier alpha value is -7.82. The van der Waals surface area contributed by atoms with Crippen LogP contribution in [-0.2, 0) is 47.7 Å². The molecule has 0 bridgehead atoms. The van der Waals surface area contributed by atoms with E-state index in [1.165, 1.54) is 22.9 Å². The number of hydrogen-bond donors (Lipinski definition) is 0. The number of anilines is 1. The Morgan fingerprint density at radius 2 is 1.26 bits per heavy atom. The quantitative estimate of drug-likeness (QED) is 0.00398. The van der Waals surface area contributed by atoms with Crippen molar-refractivity contribution in [2.75, 3.05) is 43.9 Å². The van der Waals surface area contributed by atoms with Crippen LogP contribution in [0, 0.1) is 23.2 Å². The summed E-state index contributed by atoms with van der Waals surface area (Å²) in [5, 5.41) is 15.7. The first-order valence-corrected chi connectivity index (χ1v) is 31.5. The summed E-state index contributed by atoms with van der Waals surface area (Å²) in [7, 11) is 0. The van der Waals surface area contributed by atoms with Gasteiger partial charge in [-0.1, -0.05) is 36.6 Å². The minimum Gasteiger partial charge on any atom is -0.494 e. The molecule has 0 atom stereocenters. The minimum absolute atomic E-state index is 0.191. The van der Waals surface area contributed by atoms with E-state index in [4.69, 9.17) is 54.8 Å². The third-order valence-electron chi connectivity index (χ3n) is 14.2. The molecule has 2 saturated carbocycles. The Morgan fingerprint density at radius 1 is 0.690 bits per heavy atom. The van der Waals surface area contributed by atoms with Crippen LogP contribution in [0.5, 0.6) is 17.2 Å². The zero-order valence-corrected chi connectivity index (χ0v) is 51.8. The van der Waals surface area contributed by atoms with Crippen molar-refractivity contribution in [3.8, 4) is 23.3 Å². The Kier molecular flexibility index (Phi) is 32.6. The Bertz CT molecular complexity index is 2910. The summed E-state index contributed by atoms with van der Waals surface area (Å²) in [6.45, 7) is 13.3. The second kappa shape index (κ2) is 40.5. The molecule has 0 saturated heterocycles. The summed E-state index contributed by atoms with van der Waals surface area (Å²) >= 11 is 7.17. The highest BCUT2D eigenvalue weighted by atomic mass is 35.5. The van der Waals surface area contributed by atoms with Gasteiger partial charge in [-0.25, -0.2) is 24.4 Å². The number of thiazole rings is 1. The lowest BCUT2D eigenvalue weighted by atomic mass is 9.87. The number of hydrazone groups is 1. The number of benzene rings is 3. The number of fused-ring (bicyclic) bond motifs is 1. The third kappa shape index (κ3) is 26.8. The van der Waals surface area contributed by atoms with Crippen LogP contribution in [0.25, 0.3) is 10.2 Å². The second-order valence-corrected chi connectivity index (χ2v) is 22.2. The summed E-state index contributed by atoms with van der Waals surface area (Å²) in [5.74, 6) is -0.852. The van der Waals surface area contributed by atoms with Crippen LogP contribution >= 0.6 is 22.9 Å². The van der Waals surface area contributed by atoms with E-state index in [1.54, 1.807) is 73.0 Å². The van der Waals surface area contributed by atoms with Crippen LogP contribution in [0.1, 0.15) is 153 Å². The standard InChI is InChI=1S/C53H67ClO14.C14H16N4S/c1-4-42(65-51(58)40-19-26-46(27-20-40)67-52(59)39-15-22-43(23-16-39)61-34-10-7-9-13-37-64-49(56)32-33-54)21-14-38(3)50(57)66-45-24-17-41(18-25-45)53(60)68-47-30-28-44(29-31-47)62-35-11-6-8-12-36-63-48(55)5-2;1-2-16-18(11-7-3-6-10-15)14-17-12-8-4-5-9-13(12)19-14/h4-5,14-16,21-23,28-31,40-41,45-46H,1-2,6-13,17-20,24-27,32-37H2,3H3;2,4-5,8-9H,3,6-7,11H2,1H3/b38-14+,42-21+;16-2+. The number of carbonyl (C=O) groups excluding carboxylic acids is 6. The van der Waals surface area contributed by atoms with E-state index in [0.717, 1.165) is 87.5 Å². The number of unbranched alkanes of at least 4 members (excludes halogenated alkanes) is 8. The van der Waals surface area contributed by atoms with Gasteiger partial charge in [0, 0.05) is 36.7 Å². The predicted molar refractivity (Wildman–Crippen MR) is 336 cm³/mol. The van der Waals surface area contributed by atoms with E-state index in [-0.39, 0.29) is 54.0 Å². The molecule has 0 unspecified atom stereocenters. The maximum absolute atomic E-state index is 13.1. The number of aromatic nitrogens is 1. The Labute approximate surface area is 520 Å². The van der Waals surface area contributed by atoms with Gasteiger partial charge in [-0.3, -0.25) is 14.4 Å². The summed E-state index contributed by atoms with van der Waals surface area (Å²) in [6, 6.07) is 24.0. The monoisotopic (exact) mass is 1230 g/mol. The fourth-order valence-electron chi connectivity index (χ4n) is 9.25. The van der Waals surface area contributed by atoms with Gasteiger partial charge in [-0.2, -0.15) is 10.4 Å². The van der Waals surface area contributed by atoms with Gasteiger partial charge < -0.3 is 37.9 Å². The molecule has 2 aliphatic rings. The lowest BCUT2D eigenvalue weighted by Gasteiger charge is -2.27. The van der Waals surface area contributed by atoms with Crippen LogP contribution in [0.4, 0.5) is 5.13 Å². The summed E-state index contributed by atoms with van der Waals surface area (Å²) in [4.78, 5) is 78.8. The Morgan fingerprint density at radius 3 is 1.85 bits per heavy atom. The molecule has 1 aromatic heterocycles. The third-order valence-corrected chi connectivity index (χ3v) is 15.4. The molecule has 2 fully saturated rings. The van der Waals surface area contributed by atoms with Gasteiger partial charge in [0.2, 0.25) is 5.13 Å². The summed E-state index contributed by atoms with van der Waals surface area (Å²) in [6.07, 6.45) is 20.4. The summed E-state index contributed by atoms with van der Waals surface area (Å²) < 4.78 is 45.5. The highest BCUT2D eigenvalue weighted by Crippen LogP contribution is 2.32. The number of esters is 6. The highest BCUT2D eigenvalue weighted by molar-refractivity contribution is 7.22. The highest BCUT2D eigenvalue weighted by Gasteiger charge is 2.31. The van der Waals surface area contributed by atoms with E-state index in [2.05, 4.69) is 35.4 Å². The van der Waals surface area contributed by atoms with Crippen molar-refractivity contribution in [3.05, 3.63) is 127 Å². The maximum Gasteiger partial charge on any atom is 0.338 e. The van der Waals surface area contributed by atoms with E-state index in [0.29, 0.717) is 113 Å². The van der Waals surface area contributed by atoms with E-state index >= 15 is 0 Å². The van der Waals surface area contributed by atoms with Gasteiger partial charge in [-0.15, -0.1) is 11.6 Å². The first-order chi connectivity index (χ1) is 42.3. The number of nitriles is 1. The smallest absolute Gasteiger partial charge is 0.338 e. The minimum atomic E-state index is -0.506. The second-order valence-electron chi connectivity index (χ2n) is 20.9. The van der Waals surface area contributed by atoms with Crippen LogP contribution in [0.3, 0.4) is 0 Å². The molecule has 3 aromatic carbocycles. The fraction of sp³-hybridized carbons (Fsp3) is 0.478. The zero-order chi connectivity index (χ0) is 62.4. The predicted octanol–water partition coefficient (Wildman–Crippen LogP) is 14.3. The molecule has 87 heavy (non-hydrogen) atoms. The average Bonchev–Trinajstić information content (AvgIpc) is 2.88. The molecule has 468 valence electrons. The largest absolute Gasteiger partial charge is 0.494 e. The van der Waals surface area contributed by atoms with Gasteiger partial charge in [0.25, 0.3) is 0 Å². The molecule has 20 heteroatoms. The first-order valence-electron chi connectivity index (χ1n) is 30.1.